The van der Waals surface area contributed by atoms with Gasteiger partial charge < -0.3 is 0 Å². The smallest absolute Gasteiger partial charge is 0.271 e. The zero-order chi connectivity index (χ0) is 20.8. The minimum atomic E-state index is -0.668. The van der Waals surface area contributed by atoms with Crippen LogP contribution in [0.1, 0.15) is 40.5 Å². The molecule has 28 heavy (non-hydrogen) atoms. The fourth-order valence-electron chi connectivity index (χ4n) is 3.19. The van der Waals surface area contributed by atoms with Crippen molar-refractivity contribution in [3.63, 3.8) is 0 Å². The molecular weight excluding hydrogens is 360 g/mol. The molecule has 2 rings (SSSR count). The first-order chi connectivity index (χ1) is 13.2. The van der Waals surface area contributed by atoms with Crippen molar-refractivity contribution in [2.45, 2.75) is 40.5 Å². The van der Waals surface area contributed by atoms with E-state index < -0.39 is 9.85 Å². The first kappa shape index (κ1) is 21.3. The number of non-ortho nitro benzene ring substituents is 1. The van der Waals surface area contributed by atoms with Crippen LogP contribution in [0.3, 0.4) is 0 Å². The summed E-state index contributed by atoms with van der Waals surface area (Å²) in [5, 5.41) is 26.1. The molecule has 1 aliphatic carbocycles. The molecule has 0 aliphatic heterocycles. The van der Waals surface area contributed by atoms with Gasteiger partial charge in [-0.3, -0.25) is 25.7 Å². The van der Waals surface area contributed by atoms with Gasteiger partial charge in [-0.25, -0.2) is 0 Å². The van der Waals surface area contributed by atoms with Crippen molar-refractivity contribution in [1.29, 1.82) is 0 Å². The molecule has 8 heteroatoms. The number of nitrogens with zero attached hydrogens (tertiary/aromatic N) is 3. The number of anilines is 1. The fourth-order valence-corrected chi connectivity index (χ4v) is 3.19. The molecule has 0 spiro atoms. The van der Waals surface area contributed by atoms with Crippen LogP contribution >= 0.6 is 0 Å². The predicted molar refractivity (Wildman–Crippen MR) is 110 cm³/mol. The lowest BCUT2D eigenvalue weighted by molar-refractivity contribution is -0.393. The third-order valence-electron chi connectivity index (χ3n) is 5.01. The lowest BCUT2D eigenvalue weighted by Crippen LogP contribution is -2.16. The highest BCUT2D eigenvalue weighted by molar-refractivity contribution is 5.93. The van der Waals surface area contributed by atoms with E-state index in [0.717, 1.165) is 18.9 Å². The summed E-state index contributed by atoms with van der Waals surface area (Å²) < 4.78 is 0. The SMILES string of the molecule is CC(/C=C/[C@@H]1CC=C(C(C)C)C[C@H]1C)=N\Nc1ccc([N+](=O)[O-])cc1[N+](=O)[O-]. The lowest BCUT2D eigenvalue weighted by Gasteiger charge is -2.28. The average molecular weight is 386 g/mol. The zero-order valence-electron chi connectivity index (χ0n) is 16.6. The molecule has 0 saturated carbocycles. The Morgan fingerprint density at radius 3 is 2.57 bits per heavy atom. The number of allylic oxidation sites excluding steroid dienone is 4. The standard InChI is InChI=1S/C20H26N4O4/c1-13(2)17-8-7-16(14(3)11-17)6-5-15(4)21-22-19-10-9-18(23(25)26)12-20(19)24(27)28/h5-6,8-10,12-14,16,22H,7,11H2,1-4H3/b6-5+,21-15+/t14-,16-/m1/s1. The molecule has 1 aliphatic rings. The summed E-state index contributed by atoms with van der Waals surface area (Å²) in [4.78, 5) is 20.6. The molecule has 8 nitrogen and oxygen atoms in total. The summed E-state index contributed by atoms with van der Waals surface area (Å²) in [5.41, 5.74) is 4.20. The Balaban J connectivity index is 2.08. The molecule has 0 saturated heterocycles. The van der Waals surface area contributed by atoms with Crippen molar-refractivity contribution in [1.82, 2.24) is 0 Å². The number of nitrogens with one attached hydrogen (secondary N) is 1. The Kier molecular flexibility index (Phi) is 7.03. The van der Waals surface area contributed by atoms with Crippen molar-refractivity contribution in [2.24, 2.45) is 22.9 Å². The van der Waals surface area contributed by atoms with Gasteiger partial charge in [-0.15, -0.1) is 0 Å². The zero-order valence-corrected chi connectivity index (χ0v) is 16.6. The maximum Gasteiger partial charge on any atom is 0.301 e. The Morgan fingerprint density at radius 2 is 2.00 bits per heavy atom. The third-order valence-corrected chi connectivity index (χ3v) is 5.01. The quantitative estimate of drug-likeness (QED) is 0.289. The van der Waals surface area contributed by atoms with E-state index in [0.29, 0.717) is 23.5 Å². The number of hydrogen-bond acceptors (Lipinski definition) is 6. The minimum absolute atomic E-state index is 0.110. The maximum absolute atomic E-state index is 11.2. The lowest BCUT2D eigenvalue weighted by atomic mass is 9.77. The van der Waals surface area contributed by atoms with Crippen molar-refractivity contribution in [3.05, 3.63) is 62.2 Å². The number of benzene rings is 1. The van der Waals surface area contributed by atoms with Gasteiger partial charge in [-0.1, -0.05) is 38.5 Å². The summed E-state index contributed by atoms with van der Waals surface area (Å²) in [7, 11) is 0. The van der Waals surface area contributed by atoms with E-state index in [1.807, 2.05) is 6.08 Å². The molecule has 0 fully saturated rings. The first-order valence-electron chi connectivity index (χ1n) is 9.29. The van der Waals surface area contributed by atoms with E-state index in [9.17, 15) is 20.2 Å². The van der Waals surface area contributed by atoms with Crippen LogP contribution in [-0.4, -0.2) is 15.6 Å². The second-order valence-corrected chi connectivity index (χ2v) is 7.45. The number of nitro benzene ring substituents is 2. The second-order valence-electron chi connectivity index (χ2n) is 7.45. The molecule has 1 aromatic rings. The topological polar surface area (TPSA) is 111 Å². The Hall–Kier alpha value is -3.03. The second kappa shape index (κ2) is 9.25. The van der Waals surface area contributed by atoms with Crippen molar-refractivity contribution >= 4 is 22.8 Å². The van der Waals surface area contributed by atoms with Crippen molar-refractivity contribution < 1.29 is 9.85 Å². The van der Waals surface area contributed by atoms with Crippen LogP contribution in [0.4, 0.5) is 17.1 Å². The van der Waals surface area contributed by atoms with Gasteiger partial charge in [-0.05, 0) is 49.7 Å². The first-order valence-corrected chi connectivity index (χ1v) is 9.29. The molecule has 1 aromatic carbocycles. The highest BCUT2D eigenvalue weighted by Crippen LogP contribution is 2.33. The van der Waals surface area contributed by atoms with Gasteiger partial charge in [0.15, 0.2) is 0 Å². The Morgan fingerprint density at radius 1 is 1.29 bits per heavy atom. The van der Waals surface area contributed by atoms with Crippen LogP contribution < -0.4 is 5.43 Å². The van der Waals surface area contributed by atoms with Gasteiger partial charge >= 0.3 is 5.69 Å². The maximum atomic E-state index is 11.2. The molecule has 2 atom stereocenters. The number of nitro groups is 2. The van der Waals surface area contributed by atoms with Crippen molar-refractivity contribution in [3.8, 4) is 0 Å². The van der Waals surface area contributed by atoms with Gasteiger partial charge in [0.25, 0.3) is 5.69 Å². The number of rotatable bonds is 7. The van der Waals surface area contributed by atoms with Gasteiger partial charge in [-0.2, -0.15) is 5.10 Å². The molecule has 0 heterocycles. The van der Waals surface area contributed by atoms with Crippen LogP contribution in [-0.2, 0) is 0 Å². The minimum Gasteiger partial charge on any atom is -0.271 e. The number of hydrogen-bond donors (Lipinski definition) is 1. The molecule has 0 unspecified atom stereocenters. The van der Waals surface area contributed by atoms with E-state index >= 15 is 0 Å². The van der Waals surface area contributed by atoms with Crippen LogP contribution in [0.15, 0.2) is 47.1 Å². The van der Waals surface area contributed by atoms with Crippen LogP contribution in [0.5, 0.6) is 0 Å². The largest absolute Gasteiger partial charge is 0.301 e. The highest BCUT2D eigenvalue weighted by Gasteiger charge is 2.21. The van der Waals surface area contributed by atoms with Gasteiger partial charge in [0.2, 0.25) is 0 Å². The monoisotopic (exact) mass is 386 g/mol. The molecule has 0 aromatic heterocycles. The molecule has 0 bridgehead atoms. The summed E-state index contributed by atoms with van der Waals surface area (Å²) in [5.74, 6) is 1.56. The summed E-state index contributed by atoms with van der Waals surface area (Å²) in [6.07, 6.45) is 8.45. The van der Waals surface area contributed by atoms with E-state index in [4.69, 9.17) is 0 Å². The van der Waals surface area contributed by atoms with E-state index in [1.165, 1.54) is 17.7 Å². The molecule has 0 amide bonds. The van der Waals surface area contributed by atoms with E-state index in [1.54, 1.807) is 6.92 Å². The third kappa shape index (κ3) is 5.48. The molecule has 150 valence electrons. The molecule has 1 N–H and O–H groups in total. The van der Waals surface area contributed by atoms with E-state index in [2.05, 4.69) is 43.5 Å². The normalized spacial score (nSPS) is 20.3. The van der Waals surface area contributed by atoms with Gasteiger partial charge in [0.05, 0.1) is 21.6 Å². The van der Waals surface area contributed by atoms with Crippen molar-refractivity contribution in [2.75, 3.05) is 5.43 Å². The van der Waals surface area contributed by atoms with E-state index in [-0.39, 0.29) is 17.1 Å². The molecular formula is C20H26N4O4. The van der Waals surface area contributed by atoms with Crippen LogP contribution in [0.25, 0.3) is 0 Å². The predicted octanol–water partition coefficient (Wildman–Crippen LogP) is 5.48. The van der Waals surface area contributed by atoms with Gasteiger partial charge in [0, 0.05) is 6.07 Å². The Labute approximate surface area is 164 Å². The Bertz CT molecular complexity index is 843. The summed E-state index contributed by atoms with van der Waals surface area (Å²) in [6, 6.07) is 3.42. The van der Waals surface area contributed by atoms with Crippen LogP contribution in [0.2, 0.25) is 0 Å². The fraction of sp³-hybridized carbons (Fsp3) is 0.450. The average Bonchev–Trinajstić information content (AvgIpc) is 2.64. The summed E-state index contributed by atoms with van der Waals surface area (Å²) >= 11 is 0. The van der Waals surface area contributed by atoms with Gasteiger partial charge in [0.1, 0.15) is 5.69 Å². The summed E-state index contributed by atoms with van der Waals surface area (Å²) in [6.45, 7) is 8.47. The van der Waals surface area contributed by atoms with Crippen LogP contribution in [0, 0.1) is 38.0 Å². The highest BCUT2D eigenvalue weighted by atomic mass is 16.6. The molecule has 0 radical (unpaired) electrons. The number of hydrazone groups is 1.